The van der Waals surface area contributed by atoms with E-state index in [-0.39, 0.29) is 10.6 Å². The van der Waals surface area contributed by atoms with Crippen molar-refractivity contribution in [2.45, 2.75) is 11.2 Å². The Hall–Kier alpha value is -1.89. The monoisotopic (exact) mass is 298 g/mol. The molecule has 0 saturated heterocycles. The van der Waals surface area contributed by atoms with Crippen LogP contribution >= 0.6 is 11.8 Å². The second kappa shape index (κ2) is 5.62. The van der Waals surface area contributed by atoms with Gasteiger partial charge in [0.05, 0.1) is 0 Å². The van der Waals surface area contributed by atoms with Crippen LogP contribution in [0.3, 0.4) is 0 Å². The van der Waals surface area contributed by atoms with Crippen LogP contribution in [0.15, 0.2) is 41.4 Å². The molecule has 1 aromatic heterocycles. The zero-order valence-electron chi connectivity index (χ0n) is 10.3. The molecule has 104 valence electrons. The number of aromatic nitrogens is 2. The Morgan fingerprint density at radius 3 is 2.35 bits per heavy atom. The third kappa shape index (κ3) is 3.16. The molecule has 1 aromatic carbocycles. The van der Waals surface area contributed by atoms with Crippen molar-refractivity contribution in [2.75, 3.05) is 6.26 Å². The standard InChI is InChI=1S/C13H9F3N2OS/c1-20-10-7-9(13(14,15)16)17-12(18-10)11(19)8-5-3-2-4-6-8/h2-7H,1H3. The first-order valence-electron chi connectivity index (χ1n) is 5.52. The molecule has 0 aliphatic heterocycles. The Balaban J connectivity index is 2.49. The number of hydrogen-bond acceptors (Lipinski definition) is 4. The maximum absolute atomic E-state index is 12.7. The first kappa shape index (κ1) is 14.5. The molecule has 0 bridgehead atoms. The molecule has 0 saturated carbocycles. The number of hydrogen-bond donors (Lipinski definition) is 0. The number of carbonyl (C=O) groups excluding carboxylic acids is 1. The van der Waals surface area contributed by atoms with Crippen molar-refractivity contribution >= 4 is 17.5 Å². The third-order valence-electron chi connectivity index (χ3n) is 2.44. The van der Waals surface area contributed by atoms with Gasteiger partial charge >= 0.3 is 6.18 Å². The van der Waals surface area contributed by atoms with Crippen molar-refractivity contribution in [1.82, 2.24) is 9.97 Å². The first-order chi connectivity index (χ1) is 9.41. The van der Waals surface area contributed by atoms with Gasteiger partial charge in [-0.2, -0.15) is 13.2 Å². The molecule has 7 heteroatoms. The SMILES string of the molecule is CSc1cc(C(F)(F)F)nc(C(=O)c2ccccc2)n1. The largest absolute Gasteiger partial charge is 0.433 e. The van der Waals surface area contributed by atoms with Gasteiger partial charge in [0.25, 0.3) is 0 Å². The molecule has 20 heavy (non-hydrogen) atoms. The second-order valence-corrected chi connectivity index (χ2v) is 4.64. The van der Waals surface area contributed by atoms with Crippen LogP contribution in [0.4, 0.5) is 13.2 Å². The molecule has 2 rings (SSSR count). The fourth-order valence-electron chi connectivity index (χ4n) is 1.49. The molecule has 0 amide bonds. The highest BCUT2D eigenvalue weighted by Gasteiger charge is 2.34. The summed E-state index contributed by atoms with van der Waals surface area (Å²) >= 11 is 1.02. The summed E-state index contributed by atoms with van der Waals surface area (Å²) in [5.41, 5.74) is -0.866. The predicted octanol–water partition coefficient (Wildman–Crippen LogP) is 3.45. The highest BCUT2D eigenvalue weighted by atomic mass is 32.2. The van der Waals surface area contributed by atoms with Gasteiger partial charge in [-0.25, -0.2) is 9.97 Å². The Labute approximate surface area is 117 Å². The molecule has 0 aliphatic rings. The molecule has 0 fully saturated rings. The van der Waals surface area contributed by atoms with Crippen LogP contribution in [0.25, 0.3) is 0 Å². The quantitative estimate of drug-likeness (QED) is 0.494. The van der Waals surface area contributed by atoms with Crippen molar-refractivity contribution < 1.29 is 18.0 Å². The van der Waals surface area contributed by atoms with E-state index in [2.05, 4.69) is 9.97 Å². The van der Waals surface area contributed by atoms with Crippen LogP contribution in [0, 0.1) is 0 Å². The van der Waals surface area contributed by atoms with Gasteiger partial charge in [0.1, 0.15) is 10.7 Å². The van der Waals surface area contributed by atoms with Crippen molar-refractivity contribution in [2.24, 2.45) is 0 Å². The van der Waals surface area contributed by atoms with E-state index in [0.29, 0.717) is 0 Å². The van der Waals surface area contributed by atoms with E-state index in [4.69, 9.17) is 0 Å². The minimum absolute atomic E-state index is 0.103. The van der Waals surface area contributed by atoms with Gasteiger partial charge in [-0.15, -0.1) is 11.8 Å². The van der Waals surface area contributed by atoms with Crippen molar-refractivity contribution in [3.63, 3.8) is 0 Å². The van der Waals surface area contributed by atoms with Crippen LogP contribution in [0.5, 0.6) is 0 Å². The number of alkyl halides is 3. The average molecular weight is 298 g/mol. The van der Waals surface area contributed by atoms with Crippen molar-refractivity contribution in [3.8, 4) is 0 Å². The van der Waals surface area contributed by atoms with Crippen LogP contribution < -0.4 is 0 Å². The second-order valence-electron chi connectivity index (χ2n) is 3.81. The molecule has 0 radical (unpaired) electrons. The fourth-order valence-corrected chi connectivity index (χ4v) is 1.90. The number of halogens is 3. The van der Waals surface area contributed by atoms with Gasteiger partial charge < -0.3 is 0 Å². The zero-order chi connectivity index (χ0) is 14.8. The van der Waals surface area contributed by atoms with Gasteiger partial charge in [-0.1, -0.05) is 30.3 Å². The Morgan fingerprint density at radius 2 is 1.80 bits per heavy atom. The van der Waals surface area contributed by atoms with Gasteiger partial charge in [0.2, 0.25) is 11.6 Å². The van der Waals surface area contributed by atoms with Crippen LogP contribution in [0.1, 0.15) is 21.9 Å². The lowest BCUT2D eigenvalue weighted by Gasteiger charge is -2.08. The molecular formula is C13H9F3N2OS. The van der Waals surface area contributed by atoms with E-state index in [0.717, 1.165) is 17.8 Å². The zero-order valence-corrected chi connectivity index (χ0v) is 11.1. The van der Waals surface area contributed by atoms with Crippen molar-refractivity contribution in [3.05, 3.63) is 53.5 Å². The number of carbonyl (C=O) groups is 1. The van der Waals surface area contributed by atoms with E-state index in [1.807, 2.05) is 0 Å². The molecule has 2 aromatic rings. The van der Waals surface area contributed by atoms with E-state index in [9.17, 15) is 18.0 Å². The Bertz CT molecular complexity index is 629. The normalized spacial score (nSPS) is 11.4. The lowest BCUT2D eigenvalue weighted by atomic mass is 10.1. The molecule has 0 atom stereocenters. The smallest absolute Gasteiger partial charge is 0.285 e. The van der Waals surface area contributed by atoms with Crippen molar-refractivity contribution in [1.29, 1.82) is 0 Å². The first-order valence-corrected chi connectivity index (χ1v) is 6.74. The molecule has 3 nitrogen and oxygen atoms in total. The van der Waals surface area contributed by atoms with E-state index in [1.54, 1.807) is 24.5 Å². The summed E-state index contributed by atoms with van der Waals surface area (Å²) in [5, 5.41) is 0.103. The molecule has 0 spiro atoms. The topological polar surface area (TPSA) is 42.9 Å². The highest BCUT2D eigenvalue weighted by Crippen LogP contribution is 2.29. The minimum atomic E-state index is -4.61. The molecule has 0 aliphatic carbocycles. The van der Waals surface area contributed by atoms with Crippen LogP contribution in [-0.2, 0) is 6.18 Å². The lowest BCUT2D eigenvalue weighted by molar-refractivity contribution is -0.141. The molecule has 1 heterocycles. The van der Waals surface area contributed by atoms with Gasteiger partial charge in [-0.3, -0.25) is 4.79 Å². The van der Waals surface area contributed by atoms with Crippen LogP contribution in [-0.4, -0.2) is 22.0 Å². The minimum Gasteiger partial charge on any atom is -0.285 e. The molecule has 0 N–H and O–H groups in total. The molecular weight excluding hydrogens is 289 g/mol. The maximum atomic E-state index is 12.7. The van der Waals surface area contributed by atoms with Gasteiger partial charge in [0, 0.05) is 11.6 Å². The summed E-state index contributed by atoms with van der Waals surface area (Å²) in [7, 11) is 0. The predicted molar refractivity (Wildman–Crippen MR) is 68.7 cm³/mol. The number of nitrogens with zero attached hydrogens (tertiary/aromatic N) is 2. The molecule has 0 unspecified atom stereocenters. The highest BCUT2D eigenvalue weighted by molar-refractivity contribution is 7.98. The van der Waals surface area contributed by atoms with Gasteiger partial charge in [0.15, 0.2) is 0 Å². The average Bonchev–Trinajstić information content (AvgIpc) is 2.46. The van der Waals surface area contributed by atoms with E-state index < -0.39 is 23.5 Å². The van der Waals surface area contributed by atoms with E-state index in [1.165, 1.54) is 12.1 Å². The fraction of sp³-hybridized carbons (Fsp3) is 0.154. The summed E-state index contributed by atoms with van der Waals surface area (Å²) in [4.78, 5) is 19.3. The third-order valence-corrected chi connectivity index (χ3v) is 3.07. The summed E-state index contributed by atoms with van der Waals surface area (Å²) < 4.78 is 38.2. The summed E-state index contributed by atoms with van der Waals surface area (Å²) in [6, 6.07) is 8.78. The summed E-state index contributed by atoms with van der Waals surface area (Å²) in [6.45, 7) is 0. The lowest BCUT2D eigenvalue weighted by Crippen LogP contribution is -2.15. The number of benzene rings is 1. The van der Waals surface area contributed by atoms with Crippen LogP contribution in [0.2, 0.25) is 0 Å². The van der Waals surface area contributed by atoms with Gasteiger partial charge in [-0.05, 0) is 6.26 Å². The summed E-state index contributed by atoms with van der Waals surface area (Å²) in [5.74, 6) is -1.08. The maximum Gasteiger partial charge on any atom is 0.433 e. The number of ketones is 1. The number of thioether (sulfide) groups is 1. The summed E-state index contributed by atoms with van der Waals surface area (Å²) in [6.07, 6.45) is -3.03. The Morgan fingerprint density at radius 1 is 1.15 bits per heavy atom. The number of rotatable bonds is 3. The Kier molecular flexibility index (Phi) is 4.08. The van der Waals surface area contributed by atoms with E-state index >= 15 is 0 Å².